The summed E-state index contributed by atoms with van der Waals surface area (Å²) in [5, 5.41) is 14.9. The van der Waals surface area contributed by atoms with Crippen molar-refractivity contribution in [2.45, 2.75) is 51.7 Å². The molecule has 0 bridgehead atoms. The number of halogens is 2. The predicted octanol–water partition coefficient (Wildman–Crippen LogP) is 6.88. The maximum atomic E-state index is 13.4. The molecule has 0 unspecified atom stereocenters. The third kappa shape index (κ3) is 6.13. The van der Waals surface area contributed by atoms with Crippen molar-refractivity contribution in [2.24, 2.45) is 0 Å². The third-order valence-corrected chi connectivity index (χ3v) is 8.66. The van der Waals surface area contributed by atoms with Gasteiger partial charge in [0.15, 0.2) is 11.5 Å². The minimum Gasteiger partial charge on any atom is -0.468 e. The standard InChI is InChI=1S/C33H32Cl2N8O3/c1-18-37-24-13-7-15-36-29(24)30(38-18)39-22-11-5-9-19(27(22)34)20-10-6-12-23(28(20)35)40-31(44)25-17-26-21(14-8-16-43(26)42-25)41-33(2,3)32(45)46-4/h5-7,9-13,15,17,21,41H,8,14,16H2,1-4H3,(H,40,44)(H,37,38,39)/t21-/m0/s1. The highest BCUT2D eigenvalue weighted by Crippen LogP contribution is 2.41. The van der Waals surface area contributed by atoms with E-state index >= 15 is 0 Å². The van der Waals surface area contributed by atoms with Gasteiger partial charge in [-0.25, -0.2) is 9.97 Å². The van der Waals surface area contributed by atoms with Crippen molar-refractivity contribution in [3.05, 3.63) is 88.1 Å². The average Bonchev–Trinajstić information content (AvgIpc) is 3.48. The predicted molar refractivity (Wildman–Crippen MR) is 179 cm³/mol. The molecule has 46 heavy (non-hydrogen) atoms. The summed E-state index contributed by atoms with van der Waals surface area (Å²) >= 11 is 13.8. The number of aromatic nitrogens is 5. The molecule has 236 valence electrons. The molecule has 0 fully saturated rings. The highest BCUT2D eigenvalue weighted by molar-refractivity contribution is 6.39. The fourth-order valence-electron chi connectivity index (χ4n) is 5.65. The molecular weight excluding hydrogens is 627 g/mol. The van der Waals surface area contributed by atoms with Crippen molar-refractivity contribution in [3.63, 3.8) is 0 Å². The van der Waals surface area contributed by atoms with E-state index in [9.17, 15) is 9.59 Å². The third-order valence-electron chi connectivity index (χ3n) is 7.85. The van der Waals surface area contributed by atoms with Gasteiger partial charge in [0, 0.05) is 23.9 Å². The van der Waals surface area contributed by atoms with E-state index in [0.29, 0.717) is 61.8 Å². The molecule has 0 radical (unpaired) electrons. The van der Waals surface area contributed by atoms with Crippen molar-refractivity contribution >= 4 is 63.3 Å². The first-order chi connectivity index (χ1) is 22.1. The molecule has 1 aliphatic heterocycles. The second kappa shape index (κ2) is 12.7. The van der Waals surface area contributed by atoms with E-state index in [4.69, 9.17) is 27.9 Å². The van der Waals surface area contributed by atoms with Gasteiger partial charge in [-0.1, -0.05) is 47.5 Å². The van der Waals surface area contributed by atoms with Crippen molar-refractivity contribution in [3.8, 4) is 11.1 Å². The van der Waals surface area contributed by atoms with Gasteiger partial charge >= 0.3 is 5.97 Å². The summed E-state index contributed by atoms with van der Waals surface area (Å²) in [6.45, 7) is 6.02. The topological polar surface area (TPSA) is 136 Å². The summed E-state index contributed by atoms with van der Waals surface area (Å²) in [5.74, 6) is 0.347. The number of methoxy groups -OCH3 is 1. The van der Waals surface area contributed by atoms with Gasteiger partial charge in [-0.2, -0.15) is 5.10 Å². The van der Waals surface area contributed by atoms with E-state index in [1.54, 1.807) is 42.9 Å². The Balaban J connectivity index is 1.25. The average molecular weight is 660 g/mol. The maximum absolute atomic E-state index is 13.4. The number of benzene rings is 2. The minimum absolute atomic E-state index is 0.174. The molecule has 6 rings (SSSR count). The zero-order valence-electron chi connectivity index (χ0n) is 25.7. The summed E-state index contributed by atoms with van der Waals surface area (Å²) in [7, 11) is 1.36. The number of anilines is 3. The highest BCUT2D eigenvalue weighted by Gasteiger charge is 2.34. The van der Waals surface area contributed by atoms with Crippen LogP contribution in [-0.2, 0) is 16.1 Å². The van der Waals surface area contributed by atoms with Crippen LogP contribution >= 0.6 is 23.2 Å². The Morgan fingerprint density at radius 1 is 1.00 bits per heavy atom. The first kappa shape index (κ1) is 31.4. The lowest BCUT2D eigenvalue weighted by atomic mass is 9.98. The van der Waals surface area contributed by atoms with Crippen LogP contribution < -0.4 is 16.0 Å². The molecule has 13 heteroatoms. The van der Waals surface area contributed by atoms with Crippen LogP contribution in [0.3, 0.4) is 0 Å². The molecule has 3 aromatic heterocycles. The second-order valence-corrected chi connectivity index (χ2v) is 12.3. The van der Waals surface area contributed by atoms with E-state index in [0.717, 1.165) is 18.5 Å². The van der Waals surface area contributed by atoms with E-state index in [1.165, 1.54) is 7.11 Å². The number of rotatable bonds is 8. The Kier molecular flexibility index (Phi) is 8.65. The first-order valence-electron chi connectivity index (χ1n) is 14.7. The number of nitrogens with zero attached hydrogens (tertiary/aromatic N) is 5. The number of nitrogens with one attached hydrogen (secondary N) is 3. The van der Waals surface area contributed by atoms with Crippen LogP contribution in [0.4, 0.5) is 17.2 Å². The SMILES string of the molecule is COC(=O)C(C)(C)N[C@H]1CCCn2nc(C(=O)Nc3cccc(-c4cccc(Nc5nc(C)nc6cccnc56)c4Cl)c3Cl)cc21. The fourth-order valence-corrected chi connectivity index (χ4v) is 6.20. The number of aryl methyl sites for hydroxylation is 2. The Bertz CT molecular complexity index is 1980. The monoisotopic (exact) mass is 658 g/mol. The van der Waals surface area contributed by atoms with Crippen molar-refractivity contribution < 1.29 is 14.3 Å². The number of esters is 1. The Morgan fingerprint density at radius 2 is 1.72 bits per heavy atom. The molecule has 11 nitrogen and oxygen atoms in total. The molecule has 4 heterocycles. The molecule has 5 aromatic rings. The Hall–Kier alpha value is -4.58. The van der Waals surface area contributed by atoms with E-state index in [1.807, 2.05) is 43.3 Å². The van der Waals surface area contributed by atoms with Crippen LogP contribution in [0, 0.1) is 6.92 Å². The van der Waals surface area contributed by atoms with Crippen LogP contribution in [0.1, 0.15) is 54.7 Å². The van der Waals surface area contributed by atoms with Crippen LogP contribution in [0.15, 0.2) is 60.8 Å². The quantitative estimate of drug-likeness (QED) is 0.152. The normalized spacial score (nSPS) is 14.5. The number of carbonyl (C=O) groups excluding carboxylic acids is 2. The summed E-state index contributed by atoms with van der Waals surface area (Å²) in [6.07, 6.45) is 3.32. The lowest BCUT2D eigenvalue weighted by Gasteiger charge is -2.32. The first-order valence-corrected chi connectivity index (χ1v) is 15.5. The van der Waals surface area contributed by atoms with E-state index in [2.05, 4.69) is 36.0 Å². The van der Waals surface area contributed by atoms with Crippen LogP contribution in [-0.4, -0.2) is 49.3 Å². The van der Waals surface area contributed by atoms with Gasteiger partial charge in [0.05, 0.1) is 45.8 Å². The van der Waals surface area contributed by atoms with Gasteiger partial charge < -0.3 is 15.4 Å². The number of carbonyl (C=O) groups is 2. The van der Waals surface area contributed by atoms with Gasteiger partial charge in [-0.3, -0.25) is 24.6 Å². The van der Waals surface area contributed by atoms with Gasteiger partial charge in [0.1, 0.15) is 16.9 Å². The molecule has 0 saturated carbocycles. The van der Waals surface area contributed by atoms with Gasteiger partial charge in [-0.15, -0.1) is 0 Å². The van der Waals surface area contributed by atoms with Crippen LogP contribution in [0.5, 0.6) is 0 Å². The zero-order valence-corrected chi connectivity index (χ0v) is 27.2. The van der Waals surface area contributed by atoms with E-state index in [-0.39, 0.29) is 17.7 Å². The second-order valence-electron chi connectivity index (χ2n) is 11.5. The molecule has 1 amide bonds. The van der Waals surface area contributed by atoms with Crippen molar-refractivity contribution in [2.75, 3.05) is 17.7 Å². The summed E-state index contributed by atoms with van der Waals surface area (Å²) in [5.41, 5.74) is 3.80. The number of ether oxygens (including phenoxy) is 1. The molecule has 0 aliphatic carbocycles. The van der Waals surface area contributed by atoms with Crippen LogP contribution in [0.2, 0.25) is 10.0 Å². The number of pyridine rings is 1. The molecule has 0 spiro atoms. The number of hydrogen-bond acceptors (Lipinski definition) is 9. The maximum Gasteiger partial charge on any atom is 0.325 e. The molecule has 1 aliphatic rings. The summed E-state index contributed by atoms with van der Waals surface area (Å²) in [6, 6.07) is 16.2. The molecule has 0 saturated heterocycles. The lowest BCUT2D eigenvalue weighted by Crippen LogP contribution is -2.50. The van der Waals surface area contributed by atoms with Gasteiger partial charge in [0.25, 0.3) is 5.91 Å². The van der Waals surface area contributed by atoms with Crippen molar-refractivity contribution in [1.82, 2.24) is 30.0 Å². The highest BCUT2D eigenvalue weighted by atomic mass is 35.5. The van der Waals surface area contributed by atoms with Crippen LogP contribution in [0.25, 0.3) is 22.2 Å². The minimum atomic E-state index is -0.908. The number of hydrogen-bond donors (Lipinski definition) is 3. The summed E-state index contributed by atoms with van der Waals surface area (Å²) < 4.78 is 6.75. The summed E-state index contributed by atoms with van der Waals surface area (Å²) in [4.78, 5) is 39.2. The molecule has 2 aromatic carbocycles. The number of amides is 1. The molecule has 3 N–H and O–H groups in total. The smallest absolute Gasteiger partial charge is 0.325 e. The molecule has 1 atom stereocenters. The Labute approximate surface area is 275 Å². The van der Waals surface area contributed by atoms with E-state index < -0.39 is 11.4 Å². The number of fused-ring (bicyclic) bond motifs is 2. The van der Waals surface area contributed by atoms with Crippen molar-refractivity contribution in [1.29, 1.82) is 0 Å². The van der Waals surface area contributed by atoms with Gasteiger partial charge in [0.2, 0.25) is 0 Å². The molecular formula is C33H32Cl2N8O3. The Morgan fingerprint density at radius 3 is 2.46 bits per heavy atom. The largest absolute Gasteiger partial charge is 0.468 e. The fraction of sp³-hybridized carbons (Fsp3) is 0.273. The zero-order chi connectivity index (χ0) is 32.6. The lowest BCUT2D eigenvalue weighted by molar-refractivity contribution is -0.147. The van der Waals surface area contributed by atoms with Gasteiger partial charge in [-0.05, 0) is 63.9 Å².